The molecule has 1 saturated heterocycles. The van der Waals surface area contributed by atoms with E-state index in [2.05, 4.69) is 19.2 Å². The lowest BCUT2D eigenvalue weighted by Gasteiger charge is -2.34. The van der Waals surface area contributed by atoms with Gasteiger partial charge in [-0.25, -0.2) is 4.79 Å². The summed E-state index contributed by atoms with van der Waals surface area (Å²) in [6.07, 6.45) is 0. The maximum atomic E-state index is 13.8. The molecule has 0 atom stereocenters. The Morgan fingerprint density at radius 1 is 0.878 bits per heavy atom. The Balaban J connectivity index is 1.34. The summed E-state index contributed by atoms with van der Waals surface area (Å²) in [6.45, 7) is 8.04. The van der Waals surface area contributed by atoms with Crippen LogP contribution >= 0.6 is 11.6 Å². The van der Waals surface area contributed by atoms with Crippen LogP contribution in [0.3, 0.4) is 0 Å². The molecule has 2 heterocycles. The third-order valence-corrected chi connectivity index (χ3v) is 7.96. The summed E-state index contributed by atoms with van der Waals surface area (Å²) in [4.78, 5) is 30.3. The zero-order valence-corrected chi connectivity index (χ0v) is 24.6. The Morgan fingerprint density at radius 3 is 2.12 bits per heavy atom. The first kappa shape index (κ1) is 28.3. The fraction of sp³-hybridized carbons (Fsp3) is 0.273. The number of urea groups is 1. The molecule has 8 heteroatoms. The summed E-state index contributed by atoms with van der Waals surface area (Å²) < 4.78 is 7.37. The second kappa shape index (κ2) is 12.1. The molecule has 3 aromatic carbocycles. The highest BCUT2D eigenvalue weighted by Crippen LogP contribution is 2.34. The van der Waals surface area contributed by atoms with Gasteiger partial charge in [-0.1, -0.05) is 49.7 Å². The normalized spacial score (nSPS) is 13.4. The average molecular weight is 571 g/mol. The molecule has 1 aliphatic rings. The second-order valence-corrected chi connectivity index (χ2v) is 10.9. The number of carbonyl (C=O) groups excluding carboxylic acids is 2. The van der Waals surface area contributed by atoms with E-state index in [1.807, 2.05) is 95.3 Å². The van der Waals surface area contributed by atoms with E-state index in [1.54, 1.807) is 12.0 Å². The quantitative estimate of drug-likeness (QED) is 0.266. The summed E-state index contributed by atoms with van der Waals surface area (Å²) in [5.74, 6) is 1.13. The number of para-hydroxylation sites is 1. The number of aromatic nitrogens is 1. The highest BCUT2D eigenvalue weighted by molar-refractivity contribution is 6.32. The van der Waals surface area contributed by atoms with Gasteiger partial charge in [0.1, 0.15) is 5.75 Å². The van der Waals surface area contributed by atoms with Crippen molar-refractivity contribution in [1.29, 1.82) is 0 Å². The van der Waals surface area contributed by atoms with Crippen LogP contribution in [0.15, 0.2) is 78.9 Å². The minimum Gasteiger partial charge on any atom is -0.497 e. The summed E-state index contributed by atoms with van der Waals surface area (Å²) in [5.41, 5.74) is 6.01. The Hall–Kier alpha value is -4.23. The van der Waals surface area contributed by atoms with E-state index in [0.29, 0.717) is 42.7 Å². The van der Waals surface area contributed by atoms with Crippen molar-refractivity contribution in [3.63, 3.8) is 0 Å². The van der Waals surface area contributed by atoms with Gasteiger partial charge < -0.3 is 24.4 Å². The predicted octanol–water partition coefficient (Wildman–Crippen LogP) is 7.23. The van der Waals surface area contributed by atoms with E-state index in [1.165, 1.54) is 5.56 Å². The minimum absolute atomic E-state index is 0.0626. The van der Waals surface area contributed by atoms with E-state index in [9.17, 15) is 9.59 Å². The first-order chi connectivity index (χ1) is 19.8. The third-order valence-electron chi connectivity index (χ3n) is 7.64. The summed E-state index contributed by atoms with van der Waals surface area (Å²) in [5, 5.41) is 3.58. The first-order valence-corrected chi connectivity index (χ1v) is 14.2. The third kappa shape index (κ3) is 5.95. The molecule has 0 unspecified atom stereocenters. The Bertz CT molecular complexity index is 1540. The van der Waals surface area contributed by atoms with Crippen molar-refractivity contribution in [2.75, 3.05) is 38.6 Å². The topological polar surface area (TPSA) is 66.8 Å². The fourth-order valence-electron chi connectivity index (χ4n) is 5.18. The Kier molecular flexibility index (Phi) is 8.36. The molecule has 1 fully saturated rings. The van der Waals surface area contributed by atoms with E-state index >= 15 is 0 Å². The van der Waals surface area contributed by atoms with E-state index < -0.39 is 0 Å². The molecule has 0 saturated carbocycles. The predicted molar refractivity (Wildman–Crippen MR) is 165 cm³/mol. The average Bonchev–Trinajstić information content (AvgIpc) is 3.34. The molecule has 1 N–H and O–H groups in total. The second-order valence-electron chi connectivity index (χ2n) is 10.5. The molecule has 5 rings (SSSR count). The van der Waals surface area contributed by atoms with Gasteiger partial charge in [0.25, 0.3) is 5.91 Å². The number of piperazine rings is 1. The first-order valence-electron chi connectivity index (χ1n) is 13.8. The van der Waals surface area contributed by atoms with Crippen molar-refractivity contribution in [1.82, 2.24) is 14.4 Å². The molecule has 0 radical (unpaired) electrons. The lowest BCUT2D eigenvalue weighted by molar-refractivity contribution is 0.0671. The van der Waals surface area contributed by atoms with Crippen LogP contribution in [0, 0.1) is 6.92 Å². The highest BCUT2D eigenvalue weighted by Gasteiger charge is 2.28. The van der Waals surface area contributed by atoms with Gasteiger partial charge in [-0.2, -0.15) is 0 Å². The number of nitrogens with zero attached hydrogens (tertiary/aromatic N) is 3. The number of rotatable bonds is 6. The maximum Gasteiger partial charge on any atom is 0.321 e. The van der Waals surface area contributed by atoms with Crippen LogP contribution in [0.4, 0.5) is 10.5 Å². The standard InChI is InChI=1S/C33H35ClN4O3/c1-22(2)24-9-13-26(14-10-24)35-33(40)37-19-17-36(18-20-37)32(39)28-21-31(25-11-15-27(41-4)16-12-25)38(23(28)3)30-8-6-5-7-29(30)34/h5-16,21-22H,17-20H2,1-4H3,(H,35,40). The number of nitrogens with one attached hydrogen (secondary N) is 1. The molecular formula is C33H35ClN4O3. The van der Waals surface area contributed by atoms with Crippen molar-refractivity contribution in [3.05, 3.63) is 101 Å². The van der Waals surface area contributed by atoms with Crippen LogP contribution < -0.4 is 10.1 Å². The maximum absolute atomic E-state index is 13.8. The summed E-state index contributed by atoms with van der Waals surface area (Å²) in [7, 11) is 1.63. The molecule has 1 aromatic heterocycles. The number of hydrogen-bond acceptors (Lipinski definition) is 3. The van der Waals surface area contributed by atoms with Gasteiger partial charge in [0.15, 0.2) is 0 Å². The summed E-state index contributed by atoms with van der Waals surface area (Å²) in [6, 6.07) is 25.1. The molecule has 0 aliphatic carbocycles. The highest BCUT2D eigenvalue weighted by atomic mass is 35.5. The Morgan fingerprint density at radius 2 is 1.51 bits per heavy atom. The van der Waals surface area contributed by atoms with Gasteiger partial charge in [-0.05, 0) is 78.6 Å². The number of carbonyl (C=O) groups is 2. The molecule has 4 aromatic rings. The van der Waals surface area contributed by atoms with Gasteiger partial charge in [-0.15, -0.1) is 0 Å². The molecule has 3 amide bonds. The monoisotopic (exact) mass is 570 g/mol. The molecule has 0 spiro atoms. The Labute approximate surface area is 246 Å². The number of hydrogen-bond donors (Lipinski definition) is 1. The van der Waals surface area contributed by atoms with Crippen LogP contribution in [0.5, 0.6) is 5.75 Å². The lowest BCUT2D eigenvalue weighted by atomic mass is 10.0. The van der Waals surface area contributed by atoms with Crippen LogP contribution in [-0.4, -0.2) is 59.6 Å². The molecule has 41 heavy (non-hydrogen) atoms. The molecular weight excluding hydrogens is 536 g/mol. The minimum atomic E-state index is -0.155. The lowest BCUT2D eigenvalue weighted by Crippen LogP contribution is -2.51. The van der Waals surface area contributed by atoms with Gasteiger partial charge in [0.2, 0.25) is 0 Å². The smallest absolute Gasteiger partial charge is 0.321 e. The van der Waals surface area contributed by atoms with Crippen molar-refractivity contribution in [2.45, 2.75) is 26.7 Å². The van der Waals surface area contributed by atoms with Crippen molar-refractivity contribution in [2.24, 2.45) is 0 Å². The van der Waals surface area contributed by atoms with Crippen LogP contribution in [-0.2, 0) is 0 Å². The number of halogens is 1. The van der Waals surface area contributed by atoms with Crippen LogP contribution in [0.25, 0.3) is 16.9 Å². The molecule has 212 valence electrons. The van der Waals surface area contributed by atoms with Crippen LogP contribution in [0.1, 0.15) is 41.4 Å². The molecule has 7 nitrogen and oxygen atoms in total. The van der Waals surface area contributed by atoms with Crippen molar-refractivity contribution >= 4 is 29.2 Å². The van der Waals surface area contributed by atoms with Gasteiger partial charge in [0, 0.05) is 37.6 Å². The number of amides is 3. The largest absolute Gasteiger partial charge is 0.497 e. The number of benzene rings is 3. The fourth-order valence-corrected chi connectivity index (χ4v) is 5.40. The molecule has 0 bridgehead atoms. The van der Waals surface area contributed by atoms with Gasteiger partial charge >= 0.3 is 6.03 Å². The number of anilines is 1. The van der Waals surface area contributed by atoms with Gasteiger partial charge in [0.05, 0.1) is 29.1 Å². The van der Waals surface area contributed by atoms with E-state index in [4.69, 9.17) is 16.3 Å². The molecule has 1 aliphatic heterocycles. The van der Waals surface area contributed by atoms with Gasteiger partial charge in [-0.3, -0.25) is 4.79 Å². The van der Waals surface area contributed by atoms with Crippen molar-refractivity contribution < 1.29 is 14.3 Å². The van der Waals surface area contributed by atoms with E-state index in [-0.39, 0.29) is 11.9 Å². The number of ether oxygens (including phenoxy) is 1. The van der Waals surface area contributed by atoms with Crippen LogP contribution in [0.2, 0.25) is 5.02 Å². The zero-order valence-electron chi connectivity index (χ0n) is 23.9. The van der Waals surface area contributed by atoms with E-state index in [0.717, 1.165) is 34.1 Å². The zero-order chi connectivity index (χ0) is 29.1. The number of methoxy groups -OCH3 is 1. The SMILES string of the molecule is COc1ccc(-c2cc(C(=O)N3CCN(C(=O)Nc4ccc(C(C)C)cc4)CC3)c(C)n2-c2ccccc2Cl)cc1. The van der Waals surface area contributed by atoms with Crippen molar-refractivity contribution in [3.8, 4) is 22.7 Å². The summed E-state index contributed by atoms with van der Waals surface area (Å²) >= 11 is 6.62.